The quantitative estimate of drug-likeness (QED) is 0.0298. The number of rotatable bonds is 20. The average Bonchev–Trinajstić information content (AvgIpc) is 3.60. The molecule has 8 atom stereocenters. The summed E-state index contributed by atoms with van der Waals surface area (Å²) in [4.78, 5) is 61.0. The largest absolute Gasteiger partial charge is 0.490 e. The molecule has 7 N–H and O–H groups in total. The summed E-state index contributed by atoms with van der Waals surface area (Å²) in [6.45, 7) is 3.79. The monoisotopic (exact) mass is 823 g/mol. The molecule has 0 saturated carbocycles. The van der Waals surface area contributed by atoms with Gasteiger partial charge in [-0.25, -0.2) is 18.5 Å². The standard InChI is InChI=1S/C27H44N3O14P3S3/c1-27(2,16-28-24(31)12-8-7-11-23-25-19(15-48-23)29-26(32)30-25)50-49-17-40-21-13-20(18-9-5-3-4-6-10-18)42-22(21)14-41-46(36,37)44-47(38,39)43-45(33,34)35/h3-6,9,19-23,25H,7-8,10-17H2,1-2H3,(H,28,31)(H,36,37)(H,38,39)(H2,29,30,32)(H2,33,34,35)/t19?,20-,21?,22-,23?,25?/m1/s1. The lowest BCUT2D eigenvalue weighted by Gasteiger charge is -2.25. The molecule has 0 aromatic rings. The number of unbranched alkanes of at least 4 members (excludes halogenated alkanes) is 1. The van der Waals surface area contributed by atoms with Gasteiger partial charge >= 0.3 is 29.5 Å². The Kier molecular flexibility index (Phi) is 15.6. The minimum absolute atomic E-state index is 0.0294. The number of fused-ring (bicyclic) bond motifs is 1. The predicted molar refractivity (Wildman–Crippen MR) is 190 cm³/mol. The van der Waals surface area contributed by atoms with Crippen molar-refractivity contribution in [2.24, 2.45) is 0 Å². The summed E-state index contributed by atoms with van der Waals surface area (Å²) in [6.07, 6.45) is 11.4. The number of phosphoric acid groups is 3. The molecule has 6 unspecified atom stereocenters. The predicted octanol–water partition coefficient (Wildman–Crippen LogP) is 4.27. The lowest BCUT2D eigenvalue weighted by Crippen LogP contribution is -2.37. The van der Waals surface area contributed by atoms with E-state index in [4.69, 9.17) is 23.8 Å². The van der Waals surface area contributed by atoms with Crippen LogP contribution < -0.4 is 16.0 Å². The average molecular weight is 824 g/mol. The van der Waals surface area contributed by atoms with Gasteiger partial charge in [0, 0.05) is 35.1 Å². The number of carbonyl (C=O) groups is 2. The lowest BCUT2D eigenvalue weighted by atomic mass is 10.0. The van der Waals surface area contributed by atoms with E-state index < -0.39 is 48.4 Å². The molecular weight excluding hydrogens is 779 g/mol. The van der Waals surface area contributed by atoms with Crippen LogP contribution in [0.5, 0.6) is 0 Å². The molecule has 0 aromatic carbocycles. The van der Waals surface area contributed by atoms with Crippen molar-refractivity contribution in [3.05, 3.63) is 36.0 Å². The number of nitrogens with one attached hydrogen (secondary N) is 3. The first-order valence-corrected chi connectivity index (χ1v) is 23.6. The summed E-state index contributed by atoms with van der Waals surface area (Å²) in [5, 5.41) is 9.28. The second kappa shape index (κ2) is 18.6. The molecule has 4 aliphatic rings. The summed E-state index contributed by atoms with van der Waals surface area (Å²) in [5.41, 5.74) is 0.925. The third kappa shape index (κ3) is 14.3. The Morgan fingerprint density at radius 1 is 1.10 bits per heavy atom. The van der Waals surface area contributed by atoms with Gasteiger partial charge in [-0.1, -0.05) is 58.4 Å². The van der Waals surface area contributed by atoms with Gasteiger partial charge in [-0.3, -0.25) is 9.32 Å². The molecule has 3 heterocycles. The molecule has 23 heteroatoms. The molecule has 284 valence electrons. The highest BCUT2D eigenvalue weighted by Crippen LogP contribution is 2.66. The second-order valence-electron chi connectivity index (χ2n) is 12.5. The van der Waals surface area contributed by atoms with Gasteiger partial charge in [0.05, 0.1) is 30.9 Å². The summed E-state index contributed by atoms with van der Waals surface area (Å²) in [7, 11) is -13.6. The van der Waals surface area contributed by atoms with E-state index in [2.05, 4.69) is 24.6 Å². The fourth-order valence-corrected chi connectivity index (χ4v) is 12.3. The Morgan fingerprint density at radius 2 is 1.88 bits per heavy atom. The molecular formula is C27H44N3O14P3S3. The van der Waals surface area contributed by atoms with Crippen LogP contribution in [-0.2, 0) is 41.1 Å². The van der Waals surface area contributed by atoms with Gasteiger partial charge in [0.1, 0.15) is 12.0 Å². The maximum Gasteiger partial charge on any atom is 0.490 e. The van der Waals surface area contributed by atoms with E-state index in [9.17, 15) is 33.1 Å². The molecule has 3 fully saturated rings. The summed E-state index contributed by atoms with van der Waals surface area (Å²) < 4.78 is 59.2. The number of allylic oxidation sites excluding steroid dienone is 5. The fraction of sp³-hybridized carbons (Fsp3) is 0.704. The number of hydrogen-bond donors (Lipinski definition) is 7. The van der Waals surface area contributed by atoms with Crippen LogP contribution in [0.3, 0.4) is 0 Å². The molecule has 50 heavy (non-hydrogen) atoms. The van der Waals surface area contributed by atoms with Crippen LogP contribution in [0.25, 0.3) is 0 Å². The van der Waals surface area contributed by atoms with Crippen molar-refractivity contribution in [2.75, 3.05) is 24.8 Å². The summed E-state index contributed by atoms with van der Waals surface area (Å²) in [5.74, 6) is 1.06. The van der Waals surface area contributed by atoms with Crippen molar-refractivity contribution in [1.29, 1.82) is 0 Å². The van der Waals surface area contributed by atoms with Gasteiger partial charge in [0.15, 0.2) is 0 Å². The Labute approximate surface area is 302 Å². The van der Waals surface area contributed by atoms with Crippen LogP contribution in [-0.4, -0.2) is 96.7 Å². The van der Waals surface area contributed by atoms with E-state index in [0.29, 0.717) is 31.1 Å². The highest BCUT2D eigenvalue weighted by Gasteiger charge is 2.44. The number of phosphoric ester groups is 1. The van der Waals surface area contributed by atoms with Crippen LogP contribution in [0.4, 0.5) is 4.79 Å². The van der Waals surface area contributed by atoms with Gasteiger partial charge in [-0.2, -0.15) is 20.4 Å². The molecule has 0 bridgehead atoms. The first kappa shape index (κ1) is 42.1. The van der Waals surface area contributed by atoms with E-state index in [1.807, 2.05) is 56.0 Å². The number of hydrogen-bond acceptors (Lipinski definition) is 13. The van der Waals surface area contributed by atoms with Gasteiger partial charge in [0.25, 0.3) is 0 Å². The molecule has 0 spiro atoms. The molecule has 4 rings (SSSR count). The molecule has 17 nitrogen and oxygen atoms in total. The number of urea groups is 1. The van der Waals surface area contributed by atoms with E-state index in [0.717, 1.165) is 30.6 Å². The van der Waals surface area contributed by atoms with Crippen LogP contribution >= 0.6 is 56.8 Å². The number of ether oxygens (including phenoxy) is 2. The molecule has 0 aromatic heterocycles. The van der Waals surface area contributed by atoms with Gasteiger partial charge in [0.2, 0.25) is 5.91 Å². The molecule has 0 radical (unpaired) electrons. The topological polar surface area (TPSA) is 249 Å². The number of carbonyl (C=O) groups excluding carboxylic acids is 2. The smallest absolute Gasteiger partial charge is 0.365 e. The van der Waals surface area contributed by atoms with Gasteiger partial charge < -0.3 is 45.0 Å². The van der Waals surface area contributed by atoms with Crippen LogP contribution in [0.15, 0.2) is 36.0 Å². The first-order chi connectivity index (χ1) is 23.4. The molecule has 3 amide bonds. The minimum Gasteiger partial charge on any atom is -0.365 e. The third-order valence-corrected chi connectivity index (χ3v) is 16.1. The minimum atomic E-state index is -5.66. The normalized spacial score (nSPS) is 29.0. The highest BCUT2D eigenvalue weighted by molar-refractivity contribution is 8.77. The maximum atomic E-state index is 12.5. The van der Waals surface area contributed by atoms with Crippen LogP contribution in [0.1, 0.15) is 52.4 Å². The number of thioether (sulfide) groups is 1. The zero-order chi connectivity index (χ0) is 36.6. The van der Waals surface area contributed by atoms with Gasteiger partial charge in [-0.15, -0.1) is 0 Å². The fourth-order valence-electron chi connectivity index (χ4n) is 5.58. The zero-order valence-electron chi connectivity index (χ0n) is 27.4. The summed E-state index contributed by atoms with van der Waals surface area (Å²) in [6, 6.07) is 0.238. The van der Waals surface area contributed by atoms with E-state index in [1.165, 1.54) is 21.6 Å². The van der Waals surface area contributed by atoms with Crippen molar-refractivity contribution in [2.45, 2.75) is 92.8 Å². The molecule has 1 aliphatic carbocycles. The second-order valence-corrected chi connectivity index (χ2v) is 21.1. The Morgan fingerprint density at radius 3 is 2.64 bits per heavy atom. The van der Waals surface area contributed by atoms with E-state index in [-0.39, 0.29) is 34.7 Å². The SMILES string of the molecule is CC(C)(CNC(=O)CCCCC1SCC2NC(=O)NC21)SSCOC1C[C@H](C2=CC=CC=CC2)O[C@@H]1COP(=O)(O)OP(=O)(O)OP(=O)(O)O. The van der Waals surface area contributed by atoms with Crippen molar-refractivity contribution in [3.63, 3.8) is 0 Å². The molecule has 3 saturated heterocycles. The zero-order valence-corrected chi connectivity index (χ0v) is 32.5. The van der Waals surface area contributed by atoms with Crippen LogP contribution in [0.2, 0.25) is 0 Å². The first-order valence-electron chi connectivity index (χ1n) is 15.7. The molecule has 3 aliphatic heterocycles. The third-order valence-electron chi connectivity index (χ3n) is 7.86. The Hall–Kier alpha value is -0.660. The lowest BCUT2D eigenvalue weighted by molar-refractivity contribution is -0.121. The summed E-state index contributed by atoms with van der Waals surface area (Å²) >= 11 is 1.86. The van der Waals surface area contributed by atoms with Gasteiger partial charge in [-0.05, 0) is 38.7 Å². The number of amides is 3. The Bertz CT molecular complexity index is 1450. The highest BCUT2D eigenvalue weighted by atomic mass is 33.1. The van der Waals surface area contributed by atoms with E-state index >= 15 is 0 Å². The Balaban J connectivity index is 1.19. The van der Waals surface area contributed by atoms with Crippen molar-refractivity contribution in [3.8, 4) is 0 Å². The van der Waals surface area contributed by atoms with E-state index in [1.54, 1.807) is 0 Å². The van der Waals surface area contributed by atoms with Crippen LogP contribution in [0, 0.1) is 0 Å². The van der Waals surface area contributed by atoms with Crippen molar-refractivity contribution >= 4 is 68.8 Å². The van der Waals surface area contributed by atoms with Crippen molar-refractivity contribution in [1.82, 2.24) is 16.0 Å². The maximum absolute atomic E-state index is 12.5. The van der Waals surface area contributed by atoms with Crippen molar-refractivity contribution < 1.29 is 65.5 Å².